The molecule has 0 fully saturated rings. The van der Waals surface area contributed by atoms with Gasteiger partial charge in [-0.1, -0.05) is 32.1 Å². The van der Waals surface area contributed by atoms with Crippen molar-refractivity contribution in [3.05, 3.63) is 39.9 Å². The van der Waals surface area contributed by atoms with Crippen molar-refractivity contribution in [3.63, 3.8) is 0 Å². The summed E-state index contributed by atoms with van der Waals surface area (Å²) >= 11 is 0. The zero-order valence-electron chi connectivity index (χ0n) is 11.8. The number of rotatable bonds is 7. The first-order valence-corrected chi connectivity index (χ1v) is 6.94. The molecule has 0 aliphatic carbocycles. The van der Waals surface area contributed by atoms with Crippen molar-refractivity contribution in [1.82, 2.24) is 0 Å². The van der Waals surface area contributed by atoms with Crippen molar-refractivity contribution in [2.75, 3.05) is 6.54 Å². The molecule has 0 radical (unpaired) electrons. The number of nitrogens with zero attached hydrogens (tertiary/aromatic N) is 2. The molecular formula is C16H20N2O2. The van der Waals surface area contributed by atoms with Crippen LogP contribution in [-0.2, 0) is 0 Å². The Labute approximate surface area is 120 Å². The lowest BCUT2D eigenvalue weighted by molar-refractivity contribution is -0.384. The SMILES string of the molecule is CCCCCCC#CC/N=C/c1ccc([N+](=O)[O-])cc1. The van der Waals surface area contributed by atoms with E-state index in [-0.39, 0.29) is 5.69 Å². The Hall–Kier alpha value is -2.15. The molecule has 0 bridgehead atoms. The minimum Gasteiger partial charge on any atom is -0.280 e. The van der Waals surface area contributed by atoms with Crippen molar-refractivity contribution in [3.8, 4) is 11.8 Å². The lowest BCUT2D eigenvalue weighted by Gasteiger charge is -1.92. The van der Waals surface area contributed by atoms with E-state index in [1.807, 2.05) is 0 Å². The van der Waals surface area contributed by atoms with E-state index in [0.29, 0.717) is 6.54 Å². The molecule has 20 heavy (non-hydrogen) atoms. The van der Waals surface area contributed by atoms with E-state index in [1.54, 1.807) is 18.3 Å². The van der Waals surface area contributed by atoms with Gasteiger partial charge in [0.05, 0.1) is 11.5 Å². The van der Waals surface area contributed by atoms with E-state index in [9.17, 15) is 10.1 Å². The van der Waals surface area contributed by atoms with Gasteiger partial charge in [-0.25, -0.2) is 0 Å². The van der Waals surface area contributed by atoms with Crippen LogP contribution in [0.1, 0.15) is 44.6 Å². The quantitative estimate of drug-likeness (QED) is 0.248. The highest BCUT2D eigenvalue weighted by atomic mass is 16.6. The minimum atomic E-state index is -0.412. The smallest absolute Gasteiger partial charge is 0.269 e. The Kier molecular flexibility index (Phi) is 7.74. The molecule has 0 saturated carbocycles. The van der Waals surface area contributed by atoms with Crippen LogP contribution in [0.5, 0.6) is 0 Å². The fourth-order valence-corrected chi connectivity index (χ4v) is 1.66. The summed E-state index contributed by atoms with van der Waals surface area (Å²) in [5.41, 5.74) is 0.939. The highest BCUT2D eigenvalue weighted by molar-refractivity contribution is 5.80. The summed E-state index contributed by atoms with van der Waals surface area (Å²) in [7, 11) is 0. The van der Waals surface area contributed by atoms with Crippen molar-refractivity contribution < 1.29 is 4.92 Å². The third-order valence-corrected chi connectivity index (χ3v) is 2.79. The zero-order chi connectivity index (χ0) is 14.6. The fourth-order valence-electron chi connectivity index (χ4n) is 1.66. The van der Waals surface area contributed by atoms with Crippen LogP contribution in [0.4, 0.5) is 5.69 Å². The van der Waals surface area contributed by atoms with Crippen LogP contribution in [0.25, 0.3) is 0 Å². The van der Waals surface area contributed by atoms with E-state index >= 15 is 0 Å². The van der Waals surface area contributed by atoms with Gasteiger partial charge in [-0.3, -0.25) is 15.1 Å². The maximum absolute atomic E-state index is 10.5. The molecule has 0 aliphatic heterocycles. The summed E-state index contributed by atoms with van der Waals surface area (Å²) in [6, 6.07) is 6.31. The third-order valence-electron chi connectivity index (χ3n) is 2.79. The van der Waals surface area contributed by atoms with E-state index in [0.717, 1.165) is 18.4 Å². The van der Waals surface area contributed by atoms with Gasteiger partial charge in [0.1, 0.15) is 0 Å². The van der Waals surface area contributed by atoms with Crippen LogP contribution in [0.15, 0.2) is 29.3 Å². The van der Waals surface area contributed by atoms with Crippen LogP contribution in [-0.4, -0.2) is 17.7 Å². The highest BCUT2D eigenvalue weighted by Crippen LogP contribution is 2.10. The third kappa shape index (κ3) is 6.69. The van der Waals surface area contributed by atoms with Gasteiger partial charge in [0.15, 0.2) is 0 Å². The molecule has 1 aromatic rings. The Morgan fingerprint density at radius 2 is 1.95 bits per heavy atom. The van der Waals surface area contributed by atoms with E-state index in [1.165, 1.54) is 31.4 Å². The van der Waals surface area contributed by atoms with Gasteiger partial charge in [-0.15, -0.1) is 5.92 Å². The number of benzene rings is 1. The molecule has 0 amide bonds. The average Bonchev–Trinajstić information content (AvgIpc) is 2.46. The second-order valence-corrected chi connectivity index (χ2v) is 4.48. The first-order chi connectivity index (χ1) is 9.74. The van der Waals surface area contributed by atoms with Crippen molar-refractivity contribution >= 4 is 11.9 Å². The second kappa shape index (κ2) is 9.74. The summed E-state index contributed by atoms with van der Waals surface area (Å²) in [5.74, 6) is 6.11. The average molecular weight is 272 g/mol. The van der Waals surface area contributed by atoms with E-state index in [2.05, 4.69) is 23.8 Å². The van der Waals surface area contributed by atoms with Gasteiger partial charge in [0, 0.05) is 24.8 Å². The molecule has 4 heteroatoms. The lowest BCUT2D eigenvalue weighted by Crippen LogP contribution is -1.88. The Morgan fingerprint density at radius 1 is 1.20 bits per heavy atom. The standard InChI is InChI=1S/C16H20N2O2/c1-2-3-4-5-6-7-8-13-17-14-15-9-11-16(12-10-15)18(19)20/h9-12,14H,2-6,13H2,1H3/b17-14+. The number of nitro benzene ring substituents is 1. The molecule has 0 atom stereocenters. The van der Waals surface area contributed by atoms with Crippen LogP contribution in [0, 0.1) is 22.0 Å². The predicted octanol–water partition coefficient (Wildman–Crippen LogP) is 3.99. The van der Waals surface area contributed by atoms with Gasteiger partial charge in [0.2, 0.25) is 0 Å². The molecule has 0 aromatic heterocycles. The molecule has 0 spiro atoms. The van der Waals surface area contributed by atoms with E-state index in [4.69, 9.17) is 0 Å². The van der Waals surface area contributed by atoms with Crippen molar-refractivity contribution in [2.45, 2.75) is 39.0 Å². The maximum atomic E-state index is 10.5. The topological polar surface area (TPSA) is 55.5 Å². The van der Waals surface area contributed by atoms with Gasteiger partial charge in [0.25, 0.3) is 5.69 Å². The lowest BCUT2D eigenvalue weighted by atomic mass is 10.2. The van der Waals surface area contributed by atoms with Crippen LogP contribution >= 0.6 is 0 Å². The minimum absolute atomic E-state index is 0.0917. The Morgan fingerprint density at radius 3 is 2.60 bits per heavy atom. The molecule has 106 valence electrons. The molecule has 1 aromatic carbocycles. The highest BCUT2D eigenvalue weighted by Gasteiger charge is 2.01. The monoisotopic (exact) mass is 272 g/mol. The molecule has 0 saturated heterocycles. The number of hydrogen-bond acceptors (Lipinski definition) is 3. The maximum Gasteiger partial charge on any atom is 0.269 e. The first kappa shape index (κ1) is 15.9. The number of unbranched alkanes of at least 4 members (excludes halogenated alkanes) is 4. The fraction of sp³-hybridized carbons (Fsp3) is 0.438. The van der Waals surface area contributed by atoms with Gasteiger partial charge >= 0.3 is 0 Å². The molecule has 0 aliphatic rings. The molecule has 1 rings (SSSR count). The van der Waals surface area contributed by atoms with Gasteiger partial charge < -0.3 is 0 Å². The van der Waals surface area contributed by atoms with E-state index < -0.39 is 4.92 Å². The molecule has 4 nitrogen and oxygen atoms in total. The van der Waals surface area contributed by atoms with Gasteiger partial charge in [-0.05, 0) is 24.1 Å². The number of hydrogen-bond donors (Lipinski definition) is 0. The summed E-state index contributed by atoms with van der Waals surface area (Å²) < 4.78 is 0. The summed E-state index contributed by atoms with van der Waals surface area (Å²) in [6.07, 6.45) is 7.56. The second-order valence-electron chi connectivity index (χ2n) is 4.48. The molecule has 0 heterocycles. The Bertz CT molecular complexity index is 495. The van der Waals surface area contributed by atoms with Crippen molar-refractivity contribution in [2.24, 2.45) is 4.99 Å². The normalized spacial score (nSPS) is 10.2. The molecule has 0 unspecified atom stereocenters. The Balaban J connectivity index is 2.27. The summed E-state index contributed by atoms with van der Waals surface area (Å²) in [4.78, 5) is 14.3. The van der Waals surface area contributed by atoms with Gasteiger partial charge in [-0.2, -0.15) is 0 Å². The zero-order valence-corrected chi connectivity index (χ0v) is 11.8. The van der Waals surface area contributed by atoms with Crippen LogP contribution in [0.3, 0.4) is 0 Å². The number of aliphatic imine (C=N–C) groups is 1. The first-order valence-electron chi connectivity index (χ1n) is 6.94. The summed E-state index contributed by atoms with van der Waals surface area (Å²) in [6.45, 7) is 2.67. The summed E-state index contributed by atoms with van der Waals surface area (Å²) in [5, 5.41) is 10.5. The largest absolute Gasteiger partial charge is 0.280 e. The molecule has 0 N–H and O–H groups in total. The van der Waals surface area contributed by atoms with Crippen LogP contribution < -0.4 is 0 Å². The van der Waals surface area contributed by atoms with Crippen molar-refractivity contribution in [1.29, 1.82) is 0 Å². The molecular weight excluding hydrogens is 252 g/mol. The number of non-ortho nitro benzene ring substituents is 1. The number of nitro groups is 1. The predicted molar refractivity (Wildman–Crippen MR) is 82.1 cm³/mol. The van der Waals surface area contributed by atoms with Crippen LogP contribution in [0.2, 0.25) is 0 Å².